The molecule has 0 aromatic heterocycles. The highest BCUT2D eigenvalue weighted by Gasteiger charge is 2.59. The van der Waals surface area contributed by atoms with Gasteiger partial charge >= 0.3 is 0 Å². The third-order valence-electron chi connectivity index (χ3n) is 9.92. The van der Waals surface area contributed by atoms with Crippen molar-refractivity contribution >= 4 is 11.8 Å². The van der Waals surface area contributed by atoms with E-state index in [0.717, 1.165) is 30.9 Å². The number of thioether (sulfide) groups is 1. The van der Waals surface area contributed by atoms with Crippen molar-refractivity contribution in [2.24, 2.45) is 28.6 Å². The van der Waals surface area contributed by atoms with E-state index < -0.39 is 16.6 Å². The number of hydrogen-bond donors (Lipinski definition) is 3. The molecule has 4 rings (SSSR count). The number of hydrogen-bond acceptors (Lipinski definition) is 4. The summed E-state index contributed by atoms with van der Waals surface area (Å²) in [7, 11) is 0. The maximum atomic E-state index is 11.5. The summed E-state index contributed by atoms with van der Waals surface area (Å²) in [5.74, 6) is 2.79. The molecule has 0 aliphatic heterocycles. The lowest BCUT2D eigenvalue weighted by Crippen LogP contribution is -2.54. The van der Waals surface area contributed by atoms with Crippen LogP contribution in [-0.2, 0) is 0 Å². The molecule has 0 radical (unpaired) electrons. The van der Waals surface area contributed by atoms with Gasteiger partial charge in [0.15, 0.2) is 0 Å². The molecule has 4 aliphatic rings. The highest BCUT2D eigenvalue weighted by molar-refractivity contribution is 8.00. The second-order valence-electron chi connectivity index (χ2n) is 12.4. The van der Waals surface area contributed by atoms with Gasteiger partial charge in [-0.05, 0) is 87.7 Å². The monoisotopic (exact) mass is 462 g/mol. The Morgan fingerprint density at radius 1 is 1.09 bits per heavy atom. The summed E-state index contributed by atoms with van der Waals surface area (Å²) in [6, 6.07) is 0. The number of rotatable bonds is 7. The topological polar surface area (TPSA) is 60.7 Å². The zero-order valence-corrected chi connectivity index (χ0v) is 21.8. The van der Waals surface area contributed by atoms with Gasteiger partial charge in [0.1, 0.15) is 4.93 Å². The third kappa shape index (κ3) is 4.27. The maximum absolute atomic E-state index is 11.5. The molecule has 0 bridgehead atoms. The minimum atomic E-state index is -0.880. The lowest BCUT2D eigenvalue weighted by Gasteiger charge is -2.57. The molecule has 7 atom stereocenters. The van der Waals surface area contributed by atoms with Crippen LogP contribution in [0.3, 0.4) is 0 Å². The van der Waals surface area contributed by atoms with Gasteiger partial charge < -0.3 is 15.3 Å². The van der Waals surface area contributed by atoms with Crippen LogP contribution < -0.4 is 0 Å². The second kappa shape index (κ2) is 8.73. The molecule has 3 fully saturated rings. The molecule has 0 aromatic carbocycles. The first-order chi connectivity index (χ1) is 14.9. The molecule has 0 unspecified atom stereocenters. The van der Waals surface area contributed by atoms with Crippen LogP contribution in [0.5, 0.6) is 0 Å². The van der Waals surface area contributed by atoms with E-state index in [1.165, 1.54) is 37.7 Å². The summed E-state index contributed by atoms with van der Waals surface area (Å²) in [5, 5.41) is 32.8. The minimum absolute atomic E-state index is 0.233. The van der Waals surface area contributed by atoms with Crippen LogP contribution in [-0.4, -0.2) is 37.7 Å². The van der Waals surface area contributed by atoms with Crippen LogP contribution >= 0.6 is 11.8 Å². The standard InChI is InChI=1S/C28H46O3S/c1-6-19-10-12-22-21-11-9-20-17-28(31,32-16-8-7-14-25(2,3)30)18-24(29)27(20,5)23(21)13-15-26(19,22)4/h9,11,19,22-24,29-31H,6-8,10,12-18H2,1-5H3/t19-,22-,23+,24-,26+,27-,28-/m0/s1. The van der Waals surface area contributed by atoms with Gasteiger partial charge in [-0.1, -0.05) is 50.5 Å². The van der Waals surface area contributed by atoms with E-state index in [-0.39, 0.29) is 5.41 Å². The van der Waals surface area contributed by atoms with E-state index in [9.17, 15) is 15.3 Å². The fourth-order valence-corrected chi connectivity index (χ4v) is 9.12. The minimum Gasteiger partial charge on any atom is -0.392 e. The molecule has 32 heavy (non-hydrogen) atoms. The second-order valence-corrected chi connectivity index (χ2v) is 13.9. The molecule has 3 saturated carbocycles. The molecule has 4 heteroatoms. The van der Waals surface area contributed by atoms with Gasteiger partial charge in [-0.15, -0.1) is 11.8 Å². The molecular formula is C28H46O3S. The average molecular weight is 463 g/mol. The van der Waals surface area contributed by atoms with Crippen molar-refractivity contribution in [1.29, 1.82) is 0 Å². The summed E-state index contributed by atoms with van der Waals surface area (Å²) in [5.41, 5.74) is 2.44. The Morgan fingerprint density at radius 3 is 2.53 bits per heavy atom. The molecule has 0 heterocycles. The van der Waals surface area contributed by atoms with Crippen LogP contribution in [0.1, 0.15) is 98.8 Å². The number of unbranched alkanes of at least 4 members (excludes halogenated alkanes) is 1. The zero-order chi connectivity index (χ0) is 23.4. The van der Waals surface area contributed by atoms with Gasteiger partial charge in [0, 0.05) is 18.3 Å². The largest absolute Gasteiger partial charge is 0.392 e. The summed E-state index contributed by atoms with van der Waals surface area (Å²) < 4.78 is 0. The number of fused-ring (bicyclic) bond motifs is 5. The van der Waals surface area contributed by atoms with E-state index in [2.05, 4.69) is 32.9 Å². The van der Waals surface area contributed by atoms with Gasteiger partial charge in [-0.2, -0.15) is 0 Å². The van der Waals surface area contributed by atoms with Crippen LogP contribution in [0.15, 0.2) is 23.3 Å². The molecule has 0 aromatic rings. The van der Waals surface area contributed by atoms with Gasteiger partial charge in [-0.25, -0.2) is 0 Å². The fraction of sp³-hybridized carbons (Fsp3) is 0.857. The van der Waals surface area contributed by atoms with E-state index in [4.69, 9.17) is 0 Å². The van der Waals surface area contributed by atoms with Crippen molar-refractivity contribution in [3.05, 3.63) is 23.3 Å². The molecule has 0 spiro atoms. The molecule has 3 N–H and O–H groups in total. The predicted octanol–water partition coefficient (Wildman–Crippen LogP) is 6.23. The Balaban J connectivity index is 1.48. The highest BCUT2D eigenvalue weighted by atomic mass is 32.2. The van der Waals surface area contributed by atoms with Crippen molar-refractivity contribution in [2.75, 3.05) is 5.75 Å². The van der Waals surface area contributed by atoms with Crippen molar-refractivity contribution < 1.29 is 15.3 Å². The van der Waals surface area contributed by atoms with E-state index in [1.54, 1.807) is 17.3 Å². The molecule has 182 valence electrons. The Labute approximate surface area is 200 Å². The first-order valence-electron chi connectivity index (χ1n) is 13.1. The van der Waals surface area contributed by atoms with Crippen molar-refractivity contribution in [3.63, 3.8) is 0 Å². The van der Waals surface area contributed by atoms with Gasteiger partial charge in [0.25, 0.3) is 0 Å². The highest BCUT2D eigenvalue weighted by Crippen LogP contribution is 2.66. The van der Waals surface area contributed by atoms with E-state index in [0.29, 0.717) is 30.1 Å². The Hall–Kier alpha value is -0.290. The summed E-state index contributed by atoms with van der Waals surface area (Å²) in [4.78, 5) is -0.880. The first-order valence-corrected chi connectivity index (χ1v) is 14.1. The van der Waals surface area contributed by atoms with Gasteiger partial charge in [0.2, 0.25) is 0 Å². The molecule has 0 saturated heterocycles. The maximum Gasteiger partial charge on any atom is 0.116 e. The average Bonchev–Trinajstić information content (AvgIpc) is 3.04. The molecule has 3 nitrogen and oxygen atoms in total. The quantitative estimate of drug-likeness (QED) is 0.310. The molecule has 4 aliphatic carbocycles. The Morgan fingerprint density at radius 2 is 1.84 bits per heavy atom. The number of aliphatic hydroxyl groups is 3. The smallest absolute Gasteiger partial charge is 0.116 e. The number of aliphatic hydroxyl groups excluding tert-OH is 1. The van der Waals surface area contributed by atoms with Crippen LogP contribution in [0.4, 0.5) is 0 Å². The SMILES string of the molecule is CC[C@H]1CC[C@H]2C3=CC=C4C[C@](O)(SCCCCC(C)(C)O)C[C@H](O)[C@]4(C)[C@@H]3CC[C@]12C. The van der Waals surface area contributed by atoms with Crippen LogP contribution in [0, 0.1) is 28.6 Å². The fourth-order valence-electron chi connectivity index (χ4n) is 7.86. The third-order valence-corrected chi connectivity index (χ3v) is 11.3. The summed E-state index contributed by atoms with van der Waals surface area (Å²) in [6.45, 7) is 10.9. The predicted molar refractivity (Wildman–Crippen MR) is 134 cm³/mol. The summed E-state index contributed by atoms with van der Waals surface area (Å²) in [6.07, 6.45) is 14.4. The normalized spacial score (nSPS) is 43.8. The zero-order valence-electron chi connectivity index (χ0n) is 21.0. The van der Waals surface area contributed by atoms with Gasteiger partial charge in [-0.3, -0.25) is 0 Å². The van der Waals surface area contributed by atoms with Gasteiger partial charge in [0.05, 0.1) is 11.7 Å². The molecule has 0 amide bonds. The number of allylic oxidation sites excluding steroid dienone is 3. The lowest BCUT2D eigenvalue weighted by atomic mass is 9.49. The lowest BCUT2D eigenvalue weighted by molar-refractivity contribution is -0.0628. The van der Waals surface area contributed by atoms with E-state index >= 15 is 0 Å². The van der Waals surface area contributed by atoms with Crippen molar-refractivity contribution in [1.82, 2.24) is 0 Å². The Bertz CT molecular complexity index is 767. The van der Waals surface area contributed by atoms with Crippen molar-refractivity contribution in [3.8, 4) is 0 Å². The van der Waals surface area contributed by atoms with Crippen LogP contribution in [0.2, 0.25) is 0 Å². The summed E-state index contributed by atoms with van der Waals surface area (Å²) >= 11 is 1.61. The van der Waals surface area contributed by atoms with E-state index in [1.807, 2.05) is 13.8 Å². The molecular weight excluding hydrogens is 416 g/mol. The first kappa shape index (κ1) is 24.8. The Kier molecular flexibility index (Phi) is 6.78. The van der Waals surface area contributed by atoms with Crippen LogP contribution in [0.25, 0.3) is 0 Å². The van der Waals surface area contributed by atoms with Crippen molar-refractivity contribution in [2.45, 2.75) is 115 Å².